The number of benzene rings is 2. The molecule has 0 unspecified atom stereocenters. The second-order valence-corrected chi connectivity index (χ2v) is 5.39. The second kappa shape index (κ2) is 6.08. The Morgan fingerprint density at radius 1 is 1.04 bits per heavy atom. The number of aliphatic carboxylic acids is 1. The average Bonchev–Trinajstić information content (AvgIpc) is 2.83. The molecule has 23 heavy (non-hydrogen) atoms. The minimum absolute atomic E-state index is 0.0537. The lowest BCUT2D eigenvalue weighted by molar-refractivity contribution is -0.299. The summed E-state index contributed by atoms with van der Waals surface area (Å²) in [6.45, 7) is 2.12. The van der Waals surface area contributed by atoms with Crippen LogP contribution in [0.5, 0.6) is 0 Å². The van der Waals surface area contributed by atoms with Crippen LogP contribution in [-0.2, 0) is 16.1 Å². The van der Waals surface area contributed by atoms with E-state index in [1.54, 1.807) is 24.0 Å². The van der Waals surface area contributed by atoms with Gasteiger partial charge in [-0.15, -0.1) is 0 Å². The summed E-state index contributed by atoms with van der Waals surface area (Å²) in [5.41, 5.74) is 2.69. The molecule has 1 aliphatic rings. The number of carbonyl (C=O) groups is 2. The highest BCUT2D eigenvalue weighted by molar-refractivity contribution is 6.35. The van der Waals surface area contributed by atoms with E-state index in [9.17, 15) is 14.7 Å². The Morgan fingerprint density at radius 2 is 1.70 bits per heavy atom. The quantitative estimate of drug-likeness (QED) is 0.813. The van der Waals surface area contributed by atoms with E-state index in [-0.39, 0.29) is 23.5 Å². The summed E-state index contributed by atoms with van der Waals surface area (Å²) in [6, 6.07) is 16.9. The maximum Gasteiger partial charge on any atom is 0.259 e. The van der Waals surface area contributed by atoms with Gasteiger partial charge in [0, 0.05) is 5.56 Å². The molecular weight excluding hydrogens is 290 g/mol. The van der Waals surface area contributed by atoms with Crippen molar-refractivity contribution in [2.45, 2.75) is 19.9 Å². The molecule has 4 nitrogen and oxygen atoms in total. The molecule has 0 fully saturated rings. The molecule has 0 aromatic heterocycles. The fourth-order valence-corrected chi connectivity index (χ4v) is 2.92. The normalized spacial score (nSPS) is 15.5. The van der Waals surface area contributed by atoms with Crippen LogP contribution in [0.25, 0.3) is 5.57 Å². The Labute approximate surface area is 134 Å². The smallest absolute Gasteiger partial charge is 0.259 e. The zero-order valence-electron chi connectivity index (χ0n) is 12.8. The van der Waals surface area contributed by atoms with Gasteiger partial charge in [0.1, 0.15) is 0 Å². The van der Waals surface area contributed by atoms with E-state index in [0.29, 0.717) is 12.1 Å². The third-order valence-electron chi connectivity index (χ3n) is 4.01. The number of carboxylic acids is 1. The van der Waals surface area contributed by atoms with Crippen LogP contribution in [0.1, 0.15) is 24.5 Å². The first-order chi connectivity index (χ1) is 11.1. The molecule has 0 radical (unpaired) electrons. The van der Waals surface area contributed by atoms with Crippen molar-refractivity contribution in [3.63, 3.8) is 0 Å². The van der Waals surface area contributed by atoms with Crippen molar-refractivity contribution in [2.75, 3.05) is 4.90 Å². The molecule has 1 heterocycles. The molecule has 1 aliphatic heterocycles. The van der Waals surface area contributed by atoms with Crippen molar-refractivity contribution in [3.8, 4) is 0 Å². The lowest BCUT2D eigenvalue weighted by Crippen LogP contribution is -2.29. The molecule has 0 saturated carbocycles. The van der Waals surface area contributed by atoms with Gasteiger partial charge in [-0.05, 0) is 23.6 Å². The summed E-state index contributed by atoms with van der Waals surface area (Å²) in [5, 5.41) is 11.4. The van der Waals surface area contributed by atoms with Crippen molar-refractivity contribution in [2.24, 2.45) is 0 Å². The molecule has 2 aromatic carbocycles. The predicted octanol–water partition coefficient (Wildman–Crippen LogP) is 2.15. The number of hydrogen-bond acceptors (Lipinski definition) is 3. The third-order valence-corrected chi connectivity index (χ3v) is 4.01. The molecule has 0 aliphatic carbocycles. The minimum Gasteiger partial charge on any atom is -0.545 e. The molecule has 2 aromatic rings. The van der Waals surface area contributed by atoms with Crippen molar-refractivity contribution >= 4 is 23.1 Å². The number of carboxylic acid groups (broad SMARTS) is 1. The van der Waals surface area contributed by atoms with Crippen LogP contribution in [-0.4, -0.2) is 11.9 Å². The Bertz CT molecular complexity index is 793. The molecule has 116 valence electrons. The SMILES string of the molecule is CCC(C(=O)[O-])=C1C(=O)N(Cc2ccccc2)c2ccccc21. The monoisotopic (exact) mass is 306 g/mol. The Morgan fingerprint density at radius 3 is 2.35 bits per heavy atom. The number of amides is 1. The number of carbonyl (C=O) groups excluding carboxylic acids is 2. The molecule has 4 heteroatoms. The summed E-state index contributed by atoms with van der Waals surface area (Å²) >= 11 is 0. The standard InChI is InChI=1S/C19H17NO3/c1-2-14(19(22)23)17-15-10-6-7-11-16(15)20(18(17)21)12-13-8-4-3-5-9-13/h3-11H,2,12H2,1H3,(H,22,23)/p-1. The van der Waals surface area contributed by atoms with E-state index in [4.69, 9.17) is 0 Å². The molecule has 3 rings (SSSR count). The number of fused-ring (bicyclic) bond motifs is 1. The topological polar surface area (TPSA) is 60.4 Å². The van der Waals surface area contributed by atoms with Crippen LogP contribution in [0.3, 0.4) is 0 Å². The van der Waals surface area contributed by atoms with Gasteiger partial charge in [-0.1, -0.05) is 55.5 Å². The molecule has 0 bridgehead atoms. The van der Waals surface area contributed by atoms with E-state index >= 15 is 0 Å². The van der Waals surface area contributed by atoms with E-state index in [1.807, 2.05) is 42.5 Å². The zero-order valence-corrected chi connectivity index (χ0v) is 12.8. The van der Waals surface area contributed by atoms with Crippen LogP contribution in [0.15, 0.2) is 60.2 Å². The molecule has 1 amide bonds. The number of hydrogen-bond donors (Lipinski definition) is 0. The van der Waals surface area contributed by atoms with Crippen molar-refractivity contribution in [1.82, 2.24) is 0 Å². The first-order valence-electron chi connectivity index (χ1n) is 7.53. The van der Waals surface area contributed by atoms with Crippen molar-refractivity contribution in [1.29, 1.82) is 0 Å². The maximum absolute atomic E-state index is 12.8. The van der Waals surface area contributed by atoms with E-state index in [2.05, 4.69) is 0 Å². The van der Waals surface area contributed by atoms with Gasteiger partial charge in [0.15, 0.2) is 0 Å². The minimum atomic E-state index is -1.28. The van der Waals surface area contributed by atoms with E-state index in [1.165, 1.54) is 0 Å². The summed E-state index contributed by atoms with van der Waals surface area (Å²) < 4.78 is 0. The molecular formula is C19H16NO3-. The Balaban J connectivity index is 2.11. The summed E-state index contributed by atoms with van der Waals surface area (Å²) in [7, 11) is 0. The second-order valence-electron chi connectivity index (χ2n) is 5.39. The zero-order chi connectivity index (χ0) is 16.4. The highest BCUT2D eigenvalue weighted by Gasteiger charge is 2.34. The van der Waals surface area contributed by atoms with Crippen LogP contribution >= 0.6 is 0 Å². The number of anilines is 1. The fraction of sp³-hybridized carbons (Fsp3) is 0.158. The van der Waals surface area contributed by atoms with Gasteiger partial charge < -0.3 is 14.8 Å². The van der Waals surface area contributed by atoms with Crippen LogP contribution in [0, 0.1) is 0 Å². The Kier molecular flexibility index (Phi) is 3.98. The first kappa shape index (κ1) is 15.0. The highest BCUT2D eigenvalue weighted by atomic mass is 16.4. The summed E-state index contributed by atoms with van der Waals surface area (Å²) in [6.07, 6.45) is 0.247. The summed E-state index contributed by atoms with van der Waals surface area (Å²) in [5.74, 6) is -1.57. The maximum atomic E-state index is 12.8. The number of rotatable bonds is 4. The van der Waals surface area contributed by atoms with Gasteiger partial charge in [0.05, 0.1) is 23.8 Å². The van der Waals surface area contributed by atoms with Crippen molar-refractivity contribution in [3.05, 3.63) is 71.3 Å². The first-order valence-corrected chi connectivity index (χ1v) is 7.53. The van der Waals surface area contributed by atoms with Crippen LogP contribution in [0.4, 0.5) is 5.69 Å². The van der Waals surface area contributed by atoms with Crippen molar-refractivity contribution < 1.29 is 14.7 Å². The van der Waals surface area contributed by atoms with Gasteiger partial charge >= 0.3 is 0 Å². The highest BCUT2D eigenvalue weighted by Crippen LogP contribution is 2.39. The lowest BCUT2D eigenvalue weighted by atomic mass is 9.99. The average molecular weight is 306 g/mol. The van der Waals surface area contributed by atoms with Gasteiger partial charge in [0.25, 0.3) is 5.91 Å². The van der Waals surface area contributed by atoms with Crippen LogP contribution in [0.2, 0.25) is 0 Å². The largest absolute Gasteiger partial charge is 0.545 e. The third kappa shape index (κ3) is 2.63. The fourth-order valence-electron chi connectivity index (χ4n) is 2.92. The van der Waals surface area contributed by atoms with Gasteiger partial charge in [-0.25, -0.2) is 0 Å². The van der Waals surface area contributed by atoms with Crippen LogP contribution < -0.4 is 10.0 Å². The Hall–Kier alpha value is -2.88. The molecule has 0 atom stereocenters. The lowest BCUT2D eigenvalue weighted by Gasteiger charge is -2.17. The molecule has 0 N–H and O–H groups in total. The van der Waals surface area contributed by atoms with E-state index in [0.717, 1.165) is 11.3 Å². The van der Waals surface area contributed by atoms with E-state index < -0.39 is 5.97 Å². The summed E-state index contributed by atoms with van der Waals surface area (Å²) in [4.78, 5) is 25.9. The van der Waals surface area contributed by atoms with Gasteiger partial charge in [-0.3, -0.25) is 4.79 Å². The number of para-hydroxylation sites is 1. The van der Waals surface area contributed by atoms with Gasteiger partial charge in [0.2, 0.25) is 0 Å². The number of nitrogens with zero attached hydrogens (tertiary/aromatic N) is 1. The predicted molar refractivity (Wildman–Crippen MR) is 86.3 cm³/mol. The molecule has 0 saturated heterocycles. The van der Waals surface area contributed by atoms with Gasteiger partial charge in [-0.2, -0.15) is 0 Å². The molecule has 0 spiro atoms.